The lowest BCUT2D eigenvalue weighted by atomic mass is 10.2. The smallest absolute Gasteiger partial charge is 0.268 e. The van der Waals surface area contributed by atoms with Gasteiger partial charge >= 0.3 is 0 Å². The van der Waals surface area contributed by atoms with E-state index in [9.17, 15) is 4.79 Å². The van der Waals surface area contributed by atoms with Crippen molar-refractivity contribution in [3.8, 4) is 5.75 Å². The van der Waals surface area contributed by atoms with Gasteiger partial charge in [0, 0.05) is 36.4 Å². The van der Waals surface area contributed by atoms with Crippen molar-refractivity contribution in [1.29, 1.82) is 0 Å². The first-order chi connectivity index (χ1) is 12.7. The topological polar surface area (TPSA) is 59.4 Å². The Morgan fingerprint density at radius 3 is 2.88 bits per heavy atom. The molecule has 4 rings (SSSR count). The van der Waals surface area contributed by atoms with Gasteiger partial charge < -0.3 is 19.5 Å². The lowest BCUT2D eigenvalue weighted by Gasteiger charge is -2.12. The van der Waals surface area contributed by atoms with Crippen LogP contribution < -0.4 is 15.0 Å². The third-order valence-electron chi connectivity index (χ3n) is 4.83. The van der Waals surface area contributed by atoms with E-state index in [2.05, 4.69) is 15.2 Å². The summed E-state index contributed by atoms with van der Waals surface area (Å²) in [7, 11) is 3.54. The molecule has 26 heavy (non-hydrogen) atoms. The van der Waals surface area contributed by atoms with Gasteiger partial charge in [-0.15, -0.1) is 11.3 Å². The van der Waals surface area contributed by atoms with Crippen LogP contribution in [0.2, 0.25) is 0 Å². The number of hydrogen-bond donors (Lipinski definition) is 1. The second-order valence-electron chi connectivity index (χ2n) is 6.51. The first-order valence-corrected chi connectivity index (χ1v) is 9.64. The number of anilines is 1. The van der Waals surface area contributed by atoms with Gasteiger partial charge in [-0.3, -0.25) is 4.79 Å². The predicted octanol–water partition coefficient (Wildman–Crippen LogP) is 3.17. The van der Waals surface area contributed by atoms with Crippen molar-refractivity contribution in [2.24, 2.45) is 7.05 Å². The molecule has 0 saturated carbocycles. The molecular weight excluding hydrogens is 348 g/mol. The number of aromatic nitrogens is 2. The number of thiazole rings is 1. The summed E-state index contributed by atoms with van der Waals surface area (Å²) in [5.74, 6) is 0.686. The number of fused-ring (bicyclic) bond motifs is 1. The molecule has 0 atom stereocenters. The van der Waals surface area contributed by atoms with Crippen LogP contribution >= 0.6 is 11.3 Å². The Morgan fingerprint density at radius 2 is 2.12 bits per heavy atom. The van der Waals surface area contributed by atoms with E-state index in [-0.39, 0.29) is 5.91 Å². The maximum atomic E-state index is 12.6. The quantitative estimate of drug-likeness (QED) is 0.749. The van der Waals surface area contributed by atoms with E-state index in [0.717, 1.165) is 40.6 Å². The normalized spacial score (nSPS) is 14.2. The van der Waals surface area contributed by atoms with Gasteiger partial charge in [0.1, 0.15) is 11.4 Å². The zero-order valence-electron chi connectivity index (χ0n) is 15.0. The van der Waals surface area contributed by atoms with Crippen LogP contribution in [0, 0.1) is 0 Å². The molecule has 0 unspecified atom stereocenters. The molecule has 0 aliphatic carbocycles. The third kappa shape index (κ3) is 3.14. The highest BCUT2D eigenvalue weighted by Crippen LogP contribution is 2.25. The Hall–Kier alpha value is -2.54. The molecule has 1 aromatic carbocycles. The summed E-state index contributed by atoms with van der Waals surface area (Å²) < 4.78 is 7.16. The van der Waals surface area contributed by atoms with Crippen LogP contribution in [0.15, 0.2) is 29.6 Å². The van der Waals surface area contributed by atoms with Gasteiger partial charge in [-0.05, 0) is 37.1 Å². The molecule has 2 aromatic heterocycles. The van der Waals surface area contributed by atoms with Crippen molar-refractivity contribution in [3.63, 3.8) is 0 Å². The van der Waals surface area contributed by atoms with Crippen LogP contribution in [0.5, 0.6) is 5.75 Å². The minimum absolute atomic E-state index is 0.0987. The Morgan fingerprint density at radius 1 is 1.31 bits per heavy atom. The average Bonchev–Trinajstić information content (AvgIpc) is 3.39. The van der Waals surface area contributed by atoms with Crippen LogP contribution in [-0.4, -0.2) is 35.7 Å². The third-order valence-corrected chi connectivity index (χ3v) is 5.78. The van der Waals surface area contributed by atoms with Crippen LogP contribution in [0.25, 0.3) is 10.9 Å². The molecule has 1 N–H and O–H groups in total. The van der Waals surface area contributed by atoms with E-state index >= 15 is 0 Å². The molecule has 6 nitrogen and oxygen atoms in total. The van der Waals surface area contributed by atoms with E-state index in [1.54, 1.807) is 18.4 Å². The lowest BCUT2D eigenvalue weighted by Crippen LogP contribution is -2.25. The standard InChI is InChI=1S/C19H22N4O2S/c1-22-16-6-5-15(25-2)9-13(16)10-17(22)18(24)20-11-14-12-26-19(21-14)23-7-3-4-8-23/h5-6,9-10,12H,3-4,7-8,11H2,1-2H3,(H,20,24). The van der Waals surface area contributed by atoms with Crippen molar-refractivity contribution in [2.45, 2.75) is 19.4 Å². The fraction of sp³-hybridized carbons (Fsp3) is 0.368. The van der Waals surface area contributed by atoms with E-state index in [0.29, 0.717) is 12.2 Å². The number of nitrogens with zero attached hydrogens (tertiary/aromatic N) is 3. The minimum atomic E-state index is -0.0987. The second-order valence-corrected chi connectivity index (χ2v) is 7.35. The summed E-state index contributed by atoms with van der Waals surface area (Å²) in [6.45, 7) is 2.60. The van der Waals surface area contributed by atoms with E-state index in [4.69, 9.17) is 4.74 Å². The molecule has 0 bridgehead atoms. The molecular formula is C19H22N4O2S. The summed E-state index contributed by atoms with van der Waals surface area (Å²) in [5.41, 5.74) is 2.54. The van der Waals surface area contributed by atoms with Crippen LogP contribution in [0.1, 0.15) is 29.0 Å². The molecule has 1 saturated heterocycles. The second kappa shape index (κ2) is 6.99. The van der Waals surface area contributed by atoms with E-state index in [1.165, 1.54) is 12.8 Å². The first-order valence-electron chi connectivity index (χ1n) is 8.77. The summed E-state index contributed by atoms with van der Waals surface area (Å²) in [6, 6.07) is 7.70. The summed E-state index contributed by atoms with van der Waals surface area (Å²) >= 11 is 1.65. The summed E-state index contributed by atoms with van der Waals surface area (Å²) in [6.07, 6.45) is 2.47. The van der Waals surface area contributed by atoms with Crippen molar-refractivity contribution >= 4 is 33.3 Å². The van der Waals surface area contributed by atoms with E-state index in [1.807, 2.05) is 41.3 Å². The zero-order valence-corrected chi connectivity index (χ0v) is 15.8. The van der Waals surface area contributed by atoms with Gasteiger partial charge in [-0.2, -0.15) is 0 Å². The number of methoxy groups -OCH3 is 1. The molecule has 0 spiro atoms. The zero-order chi connectivity index (χ0) is 18.1. The number of benzene rings is 1. The average molecular weight is 370 g/mol. The van der Waals surface area contributed by atoms with Crippen molar-refractivity contribution in [3.05, 3.63) is 41.0 Å². The van der Waals surface area contributed by atoms with Gasteiger partial charge in [-0.1, -0.05) is 0 Å². The predicted molar refractivity (Wildman–Crippen MR) is 104 cm³/mol. The molecule has 3 heterocycles. The van der Waals surface area contributed by atoms with Crippen LogP contribution in [0.3, 0.4) is 0 Å². The highest BCUT2D eigenvalue weighted by atomic mass is 32.1. The van der Waals surface area contributed by atoms with E-state index < -0.39 is 0 Å². The number of hydrogen-bond acceptors (Lipinski definition) is 5. The molecule has 0 radical (unpaired) electrons. The minimum Gasteiger partial charge on any atom is -0.497 e. The fourth-order valence-electron chi connectivity index (χ4n) is 3.36. The number of amides is 1. The Balaban J connectivity index is 1.46. The molecule has 7 heteroatoms. The largest absolute Gasteiger partial charge is 0.497 e. The number of rotatable bonds is 5. The maximum absolute atomic E-state index is 12.6. The SMILES string of the molecule is COc1ccc2c(c1)cc(C(=O)NCc1csc(N3CCCC3)n1)n2C. The molecule has 1 fully saturated rings. The Bertz CT molecular complexity index is 940. The molecule has 1 aliphatic heterocycles. The van der Waals surface area contributed by atoms with Gasteiger partial charge in [-0.25, -0.2) is 4.98 Å². The number of nitrogens with one attached hydrogen (secondary N) is 1. The highest BCUT2D eigenvalue weighted by Gasteiger charge is 2.17. The molecule has 1 aliphatic rings. The van der Waals surface area contributed by atoms with Crippen molar-refractivity contribution in [1.82, 2.24) is 14.9 Å². The summed E-state index contributed by atoms with van der Waals surface area (Å²) in [5, 5.41) is 7.06. The number of ether oxygens (including phenoxy) is 1. The molecule has 3 aromatic rings. The Kier molecular flexibility index (Phi) is 4.55. The van der Waals surface area contributed by atoms with Gasteiger partial charge in [0.25, 0.3) is 5.91 Å². The van der Waals surface area contributed by atoms with Gasteiger partial charge in [0.15, 0.2) is 5.13 Å². The fourth-order valence-corrected chi connectivity index (χ4v) is 4.24. The van der Waals surface area contributed by atoms with Gasteiger partial charge in [0.2, 0.25) is 0 Å². The van der Waals surface area contributed by atoms with Gasteiger partial charge in [0.05, 0.1) is 19.3 Å². The maximum Gasteiger partial charge on any atom is 0.268 e. The molecule has 1 amide bonds. The highest BCUT2D eigenvalue weighted by molar-refractivity contribution is 7.13. The number of aryl methyl sites for hydroxylation is 1. The first kappa shape index (κ1) is 16.9. The monoisotopic (exact) mass is 370 g/mol. The molecule has 136 valence electrons. The summed E-state index contributed by atoms with van der Waals surface area (Å²) in [4.78, 5) is 19.6. The lowest BCUT2D eigenvalue weighted by molar-refractivity contribution is 0.0943. The van der Waals surface area contributed by atoms with Crippen molar-refractivity contribution in [2.75, 3.05) is 25.1 Å². The van der Waals surface area contributed by atoms with Crippen LogP contribution in [-0.2, 0) is 13.6 Å². The number of carbonyl (C=O) groups is 1. The van der Waals surface area contributed by atoms with Crippen LogP contribution in [0.4, 0.5) is 5.13 Å². The number of carbonyl (C=O) groups excluding carboxylic acids is 1. The Labute approximate surface area is 156 Å². The van der Waals surface area contributed by atoms with Crippen molar-refractivity contribution < 1.29 is 9.53 Å².